The third-order valence-corrected chi connectivity index (χ3v) is 8.86. The second kappa shape index (κ2) is 16.0. The quantitative estimate of drug-likeness (QED) is 0.188. The second-order valence-electron chi connectivity index (χ2n) is 11.2. The predicted octanol–water partition coefficient (Wildman–Crippen LogP) is 9.30. The average molecular weight is 776 g/mol. The number of hydrogen-bond acceptors (Lipinski definition) is 3. The van der Waals surface area contributed by atoms with Gasteiger partial charge < -0.3 is 14.7 Å². The maximum absolute atomic E-state index is 7.57. The molecule has 0 unspecified atom stereocenters. The van der Waals surface area contributed by atoms with Crippen LogP contribution in [0.4, 0.5) is 0 Å². The summed E-state index contributed by atoms with van der Waals surface area (Å²) in [5, 5.41) is 7.57. The van der Waals surface area contributed by atoms with Gasteiger partial charge in [-0.1, -0.05) is 48.5 Å². The fourth-order valence-corrected chi connectivity index (χ4v) is 7.09. The number of aliphatic hydroxyl groups excluding tert-OH is 1. The van der Waals surface area contributed by atoms with Crippen LogP contribution >= 0.6 is 0 Å². The Morgan fingerprint density at radius 2 is 1.14 bits per heavy atom. The zero-order valence-corrected chi connectivity index (χ0v) is 30.6. The minimum atomic E-state index is 0. The Labute approximate surface area is 279 Å². The molecule has 0 radical (unpaired) electrons. The van der Waals surface area contributed by atoms with Crippen molar-refractivity contribution in [3.05, 3.63) is 68.3 Å². The van der Waals surface area contributed by atoms with Gasteiger partial charge in [0, 0.05) is 61.8 Å². The number of allylic oxidation sites excluding steroid dienone is 1. The molecule has 5 nitrogen and oxygen atoms in total. The molecule has 0 atom stereocenters. The van der Waals surface area contributed by atoms with Gasteiger partial charge in [-0.2, -0.15) is 0 Å². The summed E-state index contributed by atoms with van der Waals surface area (Å²) in [5.41, 5.74) is 19.4. The zero-order valence-electron chi connectivity index (χ0n) is 28.4. The molecule has 2 aliphatic rings. The van der Waals surface area contributed by atoms with Gasteiger partial charge in [0.2, 0.25) is 0 Å². The van der Waals surface area contributed by atoms with Crippen LogP contribution in [0, 0.1) is 0 Å². The molecule has 0 aliphatic carbocycles. The molecular formula is C38H52N4OPt. The standard InChI is InChI=1S/C36H46N4.C2H6O.Pt/c1-9-22-19-25-20-23-17-18-24(37-23)21-32-26(10-2)29(13-5)36(40(32)16-8)31(15-7)35-28(12-4)27(11-3)34(39-35)30(14-6)33(22)38-25;1-2-3;/h17-21,39H,9-16H2,1-8H3;3H,2H2,1H3;. The number of aromatic nitrogens is 4. The summed E-state index contributed by atoms with van der Waals surface area (Å²) in [7, 11) is 0. The first kappa shape index (κ1) is 35.7. The molecule has 0 saturated heterocycles. The summed E-state index contributed by atoms with van der Waals surface area (Å²) in [6.07, 6.45) is 13.5. The summed E-state index contributed by atoms with van der Waals surface area (Å²) in [6.45, 7) is 21.2. The number of fused-ring (bicyclic) bond motifs is 8. The van der Waals surface area contributed by atoms with Crippen LogP contribution in [0.15, 0.2) is 12.1 Å². The van der Waals surface area contributed by atoms with Crippen LogP contribution in [-0.4, -0.2) is 31.2 Å². The van der Waals surface area contributed by atoms with Crippen LogP contribution in [0.3, 0.4) is 0 Å². The van der Waals surface area contributed by atoms with Gasteiger partial charge in [-0.3, -0.25) is 0 Å². The maximum Gasteiger partial charge on any atom is 0.0722 e. The fraction of sp³-hybridized carbons (Fsp3) is 0.474. The number of aromatic amines is 1. The van der Waals surface area contributed by atoms with Gasteiger partial charge >= 0.3 is 0 Å². The van der Waals surface area contributed by atoms with E-state index < -0.39 is 0 Å². The van der Waals surface area contributed by atoms with Crippen molar-refractivity contribution < 1.29 is 26.2 Å². The smallest absolute Gasteiger partial charge is 0.0722 e. The van der Waals surface area contributed by atoms with Crippen LogP contribution in [0.5, 0.6) is 0 Å². The van der Waals surface area contributed by atoms with E-state index in [1.165, 1.54) is 61.0 Å². The molecule has 5 heterocycles. The first-order valence-corrected chi connectivity index (χ1v) is 16.7. The fourth-order valence-electron chi connectivity index (χ4n) is 7.09. The van der Waals surface area contributed by atoms with Crippen LogP contribution < -0.4 is 0 Å². The SMILES string of the molecule is CCC1=Cc2cc3nc(cc4c(CC)c(CC)c(c(CC)c5[nH]c(c(CC)c1n2)c(CC)c5CC)n4CC)C=C3.CCO.[Pt]. The van der Waals surface area contributed by atoms with Crippen LogP contribution in [0.2, 0.25) is 0 Å². The van der Waals surface area contributed by atoms with Gasteiger partial charge in [-0.05, 0) is 123 Å². The number of hydrogen-bond donors (Lipinski definition) is 2. The Bertz CT molecular complexity index is 1700. The number of aryl methyl sites for hydroxylation is 7. The second-order valence-corrected chi connectivity index (χ2v) is 11.2. The Morgan fingerprint density at radius 1 is 0.614 bits per heavy atom. The normalized spacial score (nSPS) is 12.1. The molecular weight excluding hydrogens is 724 g/mol. The molecule has 2 N–H and O–H groups in total. The van der Waals surface area contributed by atoms with Crippen molar-refractivity contribution in [3.8, 4) is 0 Å². The van der Waals surface area contributed by atoms with Crippen molar-refractivity contribution in [2.24, 2.45) is 0 Å². The molecule has 2 aliphatic heterocycles. The number of nitrogens with zero attached hydrogens (tertiary/aromatic N) is 3. The first-order valence-electron chi connectivity index (χ1n) is 16.7. The van der Waals surface area contributed by atoms with E-state index in [9.17, 15) is 0 Å². The van der Waals surface area contributed by atoms with Crippen molar-refractivity contribution in [1.82, 2.24) is 19.5 Å². The topological polar surface area (TPSA) is 66.7 Å². The predicted molar refractivity (Wildman–Crippen MR) is 186 cm³/mol. The summed E-state index contributed by atoms with van der Waals surface area (Å²) in [6, 6.07) is 4.45. The third-order valence-electron chi connectivity index (χ3n) is 8.86. The summed E-state index contributed by atoms with van der Waals surface area (Å²) >= 11 is 0. The molecule has 0 amide bonds. The van der Waals surface area contributed by atoms with Crippen molar-refractivity contribution in [2.75, 3.05) is 6.61 Å². The van der Waals surface area contributed by atoms with E-state index in [4.69, 9.17) is 15.1 Å². The molecule has 0 saturated carbocycles. The summed E-state index contributed by atoms with van der Waals surface area (Å²) < 4.78 is 2.57. The number of nitrogens with one attached hydrogen (secondary N) is 1. The third kappa shape index (κ3) is 6.46. The molecule has 3 aromatic heterocycles. The maximum atomic E-state index is 7.57. The zero-order chi connectivity index (χ0) is 31.3. The van der Waals surface area contributed by atoms with Crippen molar-refractivity contribution in [2.45, 2.75) is 114 Å². The van der Waals surface area contributed by atoms with E-state index >= 15 is 0 Å². The van der Waals surface area contributed by atoms with Crippen molar-refractivity contribution >= 4 is 45.9 Å². The molecule has 44 heavy (non-hydrogen) atoms. The Kier molecular flexibility index (Phi) is 13.0. The van der Waals surface area contributed by atoms with Gasteiger partial charge in [0.15, 0.2) is 0 Å². The minimum absolute atomic E-state index is 0. The molecule has 6 heteroatoms. The van der Waals surface area contributed by atoms with Crippen LogP contribution in [0.25, 0.3) is 45.9 Å². The van der Waals surface area contributed by atoms with Crippen LogP contribution in [-0.2, 0) is 66.1 Å². The molecule has 0 aromatic carbocycles. The van der Waals surface area contributed by atoms with E-state index in [-0.39, 0.29) is 27.7 Å². The average Bonchev–Trinajstić information content (AvgIpc) is 3.78. The van der Waals surface area contributed by atoms with Gasteiger partial charge in [0.05, 0.1) is 22.8 Å². The Balaban J connectivity index is 0.00000127. The van der Waals surface area contributed by atoms with Gasteiger partial charge in [-0.25, -0.2) is 9.97 Å². The summed E-state index contributed by atoms with van der Waals surface area (Å²) in [5.74, 6) is 0. The number of H-pyrrole nitrogens is 1. The first-order chi connectivity index (χ1) is 20.9. The Hall–Kier alpha value is -2.75. The van der Waals surface area contributed by atoms with Gasteiger partial charge in [0.25, 0.3) is 0 Å². The molecule has 0 fully saturated rings. The molecule has 240 valence electrons. The molecule has 5 rings (SSSR count). The monoisotopic (exact) mass is 775 g/mol. The van der Waals surface area contributed by atoms with E-state index in [2.05, 4.69) is 95.3 Å². The van der Waals surface area contributed by atoms with Crippen molar-refractivity contribution in [1.29, 1.82) is 0 Å². The minimum Gasteiger partial charge on any atom is -0.397 e. The number of rotatable bonds is 8. The molecule has 8 bridgehead atoms. The number of aliphatic hydroxyl groups is 1. The van der Waals surface area contributed by atoms with Crippen LogP contribution in [0.1, 0.15) is 125 Å². The van der Waals surface area contributed by atoms with Gasteiger partial charge in [0.1, 0.15) is 0 Å². The molecule has 0 spiro atoms. The van der Waals surface area contributed by atoms with Gasteiger partial charge in [-0.15, -0.1) is 0 Å². The largest absolute Gasteiger partial charge is 0.397 e. The van der Waals surface area contributed by atoms with E-state index in [0.29, 0.717) is 0 Å². The Morgan fingerprint density at radius 3 is 1.64 bits per heavy atom. The summed E-state index contributed by atoms with van der Waals surface area (Å²) in [4.78, 5) is 14.3. The molecule has 3 aromatic rings. The van der Waals surface area contributed by atoms with E-state index in [1.807, 2.05) is 0 Å². The van der Waals surface area contributed by atoms with Crippen molar-refractivity contribution in [3.63, 3.8) is 0 Å². The van der Waals surface area contributed by atoms with E-state index in [0.717, 1.165) is 74.3 Å². The van der Waals surface area contributed by atoms with E-state index in [1.54, 1.807) is 6.92 Å².